The third kappa shape index (κ3) is 3.48. The molecule has 5 heteroatoms. The molecule has 0 saturated carbocycles. The second kappa shape index (κ2) is 5.84. The van der Waals surface area contributed by atoms with Gasteiger partial charge in [-0.25, -0.2) is 0 Å². The lowest BCUT2D eigenvalue weighted by Crippen LogP contribution is -2.39. The van der Waals surface area contributed by atoms with Crippen LogP contribution in [0.25, 0.3) is 0 Å². The van der Waals surface area contributed by atoms with Crippen LogP contribution in [0.1, 0.15) is 5.56 Å². The molecule has 1 aromatic carbocycles. The summed E-state index contributed by atoms with van der Waals surface area (Å²) >= 11 is 5.81. The van der Waals surface area contributed by atoms with E-state index in [0.717, 1.165) is 5.56 Å². The van der Waals surface area contributed by atoms with Gasteiger partial charge in [-0.05, 0) is 30.7 Å². The molecule has 0 aliphatic heterocycles. The fourth-order valence-electron chi connectivity index (χ4n) is 1.25. The molecule has 1 unspecified atom stereocenters. The smallest absolute Gasteiger partial charge is 0.243 e. The van der Waals surface area contributed by atoms with Crippen molar-refractivity contribution < 1.29 is 9.53 Å². The van der Waals surface area contributed by atoms with E-state index in [-0.39, 0.29) is 12.5 Å². The molecule has 0 saturated heterocycles. The molecule has 0 bridgehead atoms. The summed E-state index contributed by atoms with van der Waals surface area (Å²) in [5.41, 5.74) is 7.20. The second-order valence-corrected chi connectivity index (χ2v) is 3.95. The zero-order chi connectivity index (χ0) is 12.1. The number of hydrogen-bond donors (Lipinski definition) is 2. The molecule has 0 aliphatic carbocycles. The maximum Gasteiger partial charge on any atom is 0.243 e. The number of nitrogens with two attached hydrogens (primary N) is 1. The molecule has 0 spiro atoms. The summed E-state index contributed by atoms with van der Waals surface area (Å²) in [6, 6.07) is 4.57. The van der Waals surface area contributed by atoms with Gasteiger partial charge in [0.05, 0.1) is 6.61 Å². The van der Waals surface area contributed by atoms with E-state index in [1.54, 1.807) is 18.2 Å². The van der Waals surface area contributed by atoms with E-state index in [1.807, 2.05) is 6.92 Å². The Balaban J connectivity index is 2.69. The number of carbonyl (C=O) groups excluding carboxylic acids is 1. The highest BCUT2D eigenvalue weighted by Gasteiger charge is 2.13. The standard InChI is InChI=1S/C11H15ClN2O2/c1-7-5-8(12)3-4-10(7)14-11(15)9(13)6-16-2/h3-5,9H,6,13H2,1-2H3,(H,14,15). The van der Waals surface area contributed by atoms with Crippen molar-refractivity contribution in [1.29, 1.82) is 0 Å². The molecule has 0 fully saturated rings. The molecule has 0 radical (unpaired) electrons. The first kappa shape index (κ1) is 13.0. The molecular weight excluding hydrogens is 228 g/mol. The molecule has 1 atom stereocenters. The van der Waals surface area contributed by atoms with Gasteiger partial charge in [0.25, 0.3) is 0 Å². The van der Waals surface area contributed by atoms with Gasteiger partial charge in [0, 0.05) is 17.8 Å². The summed E-state index contributed by atoms with van der Waals surface area (Å²) < 4.78 is 4.80. The third-order valence-electron chi connectivity index (χ3n) is 2.13. The van der Waals surface area contributed by atoms with Crippen molar-refractivity contribution >= 4 is 23.2 Å². The third-order valence-corrected chi connectivity index (χ3v) is 2.36. The number of hydrogen-bond acceptors (Lipinski definition) is 3. The van der Waals surface area contributed by atoms with Crippen molar-refractivity contribution in [2.75, 3.05) is 19.0 Å². The van der Waals surface area contributed by atoms with Crippen molar-refractivity contribution in [3.05, 3.63) is 28.8 Å². The summed E-state index contributed by atoms with van der Waals surface area (Å²) in [6.07, 6.45) is 0. The molecule has 88 valence electrons. The molecule has 16 heavy (non-hydrogen) atoms. The van der Waals surface area contributed by atoms with E-state index in [9.17, 15) is 4.79 Å². The first-order valence-corrected chi connectivity index (χ1v) is 5.24. The number of methoxy groups -OCH3 is 1. The van der Waals surface area contributed by atoms with Crippen molar-refractivity contribution in [2.45, 2.75) is 13.0 Å². The molecule has 0 aromatic heterocycles. The summed E-state index contributed by atoms with van der Waals surface area (Å²) in [5, 5.41) is 3.36. The predicted octanol–water partition coefficient (Wildman–Crippen LogP) is 1.56. The lowest BCUT2D eigenvalue weighted by atomic mass is 10.2. The number of carbonyl (C=O) groups is 1. The van der Waals surface area contributed by atoms with E-state index < -0.39 is 6.04 Å². The number of benzene rings is 1. The monoisotopic (exact) mass is 242 g/mol. The van der Waals surface area contributed by atoms with E-state index >= 15 is 0 Å². The van der Waals surface area contributed by atoms with Crippen LogP contribution in [0.2, 0.25) is 5.02 Å². The summed E-state index contributed by atoms with van der Waals surface area (Å²) in [6.45, 7) is 2.06. The second-order valence-electron chi connectivity index (χ2n) is 3.51. The van der Waals surface area contributed by atoms with Gasteiger partial charge in [-0.1, -0.05) is 11.6 Å². The normalized spacial score (nSPS) is 12.2. The van der Waals surface area contributed by atoms with Crippen LogP contribution in [0.4, 0.5) is 5.69 Å². The van der Waals surface area contributed by atoms with Gasteiger partial charge in [0.2, 0.25) is 5.91 Å². The number of amides is 1. The van der Waals surface area contributed by atoms with Gasteiger partial charge in [-0.15, -0.1) is 0 Å². The van der Waals surface area contributed by atoms with Crippen molar-refractivity contribution in [1.82, 2.24) is 0 Å². The summed E-state index contributed by atoms with van der Waals surface area (Å²) in [7, 11) is 1.50. The highest BCUT2D eigenvalue weighted by atomic mass is 35.5. The minimum Gasteiger partial charge on any atom is -0.383 e. The van der Waals surface area contributed by atoms with Gasteiger partial charge in [0.15, 0.2) is 0 Å². The maximum atomic E-state index is 11.6. The Morgan fingerprint density at radius 2 is 2.31 bits per heavy atom. The summed E-state index contributed by atoms with van der Waals surface area (Å²) in [4.78, 5) is 11.6. The average Bonchev–Trinajstić information content (AvgIpc) is 2.22. The Labute approximate surface area is 99.7 Å². The van der Waals surface area contributed by atoms with E-state index in [2.05, 4.69) is 5.32 Å². The number of ether oxygens (including phenoxy) is 1. The highest BCUT2D eigenvalue weighted by Crippen LogP contribution is 2.19. The van der Waals surface area contributed by atoms with Gasteiger partial charge >= 0.3 is 0 Å². The largest absolute Gasteiger partial charge is 0.383 e. The molecule has 1 aromatic rings. The van der Waals surface area contributed by atoms with Crippen LogP contribution in [0, 0.1) is 6.92 Å². The molecule has 0 aliphatic rings. The first-order chi connectivity index (χ1) is 7.54. The SMILES string of the molecule is COCC(N)C(=O)Nc1ccc(Cl)cc1C. The Morgan fingerprint density at radius 1 is 1.62 bits per heavy atom. The Kier molecular flexibility index (Phi) is 4.73. The highest BCUT2D eigenvalue weighted by molar-refractivity contribution is 6.30. The summed E-state index contributed by atoms with van der Waals surface area (Å²) in [5.74, 6) is -0.271. The van der Waals surface area contributed by atoms with Crippen molar-refractivity contribution in [3.63, 3.8) is 0 Å². The van der Waals surface area contributed by atoms with Crippen LogP contribution in [-0.2, 0) is 9.53 Å². The lowest BCUT2D eigenvalue weighted by Gasteiger charge is -2.13. The Hall–Kier alpha value is -1.10. The number of nitrogens with one attached hydrogen (secondary N) is 1. The zero-order valence-corrected chi connectivity index (χ0v) is 10.0. The van der Waals surface area contributed by atoms with Gasteiger partial charge in [-0.3, -0.25) is 4.79 Å². The van der Waals surface area contributed by atoms with Crippen LogP contribution in [0.5, 0.6) is 0 Å². The number of rotatable bonds is 4. The molecule has 0 heterocycles. The molecule has 3 N–H and O–H groups in total. The van der Waals surface area contributed by atoms with Crippen molar-refractivity contribution in [2.24, 2.45) is 5.73 Å². The van der Waals surface area contributed by atoms with Crippen LogP contribution in [-0.4, -0.2) is 25.7 Å². The van der Waals surface area contributed by atoms with E-state index in [0.29, 0.717) is 10.7 Å². The average molecular weight is 243 g/mol. The quantitative estimate of drug-likeness (QED) is 0.842. The van der Waals surface area contributed by atoms with Crippen LogP contribution >= 0.6 is 11.6 Å². The van der Waals surface area contributed by atoms with Crippen LogP contribution in [0.15, 0.2) is 18.2 Å². The fourth-order valence-corrected chi connectivity index (χ4v) is 1.47. The first-order valence-electron chi connectivity index (χ1n) is 4.86. The van der Waals surface area contributed by atoms with E-state index in [4.69, 9.17) is 22.1 Å². The lowest BCUT2D eigenvalue weighted by molar-refractivity contribution is -0.118. The van der Waals surface area contributed by atoms with Crippen LogP contribution in [0.3, 0.4) is 0 Å². The van der Waals surface area contributed by atoms with E-state index in [1.165, 1.54) is 7.11 Å². The topological polar surface area (TPSA) is 64.3 Å². The fraction of sp³-hybridized carbons (Fsp3) is 0.364. The number of anilines is 1. The molecular formula is C11H15ClN2O2. The minimum absolute atomic E-state index is 0.193. The Bertz CT molecular complexity index is 382. The minimum atomic E-state index is -0.667. The van der Waals surface area contributed by atoms with Gasteiger partial charge < -0.3 is 15.8 Å². The maximum absolute atomic E-state index is 11.6. The molecule has 4 nitrogen and oxygen atoms in total. The van der Waals surface area contributed by atoms with Gasteiger partial charge in [0.1, 0.15) is 6.04 Å². The number of halogens is 1. The zero-order valence-electron chi connectivity index (χ0n) is 9.29. The molecule has 1 amide bonds. The Morgan fingerprint density at radius 3 is 2.88 bits per heavy atom. The predicted molar refractivity (Wildman–Crippen MR) is 64.7 cm³/mol. The van der Waals surface area contributed by atoms with Crippen LogP contribution < -0.4 is 11.1 Å². The van der Waals surface area contributed by atoms with Gasteiger partial charge in [-0.2, -0.15) is 0 Å². The molecule has 1 rings (SSSR count). The number of aryl methyl sites for hydroxylation is 1. The van der Waals surface area contributed by atoms with Crippen molar-refractivity contribution in [3.8, 4) is 0 Å².